The van der Waals surface area contributed by atoms with Gasteiger partial charge in [-0.15, -0.1) is 5.10 Å². The second kappa shape index (κ2) is 8.43. The van der Waals surface area contributed by atoms with E-state index in [2.05, 4.69) is 34.7 Å². The summed E-state index contributed by atoms with van der Waals surface area (Å²) in [5.41, 5.74) is 3.48. The minimum absolute atomic E-state index is 0.251. The van der Waals surface area contributed by atoms with Crippen molar-refractivity contribution in [3.05, 3.63) is 65.5 Å². The third-order valence-corrected chi connectivity index (χ3v) is 4.25. The van der Waals surface area contributed by atoms with Crippen molar-refractivity contribution in [1.82, 2.24) is 20.2 Å². The van der Waals surface area contributed by atoms with Gasteiger partial charge in [0.1, 0.15) is 6.33 Å². The number of carbonyl (C=O) groups excluding carboxylic acids is 2. The minimum atomic E-state index is -0.630. The number of esters is 1. The van der Waals surface area contributed by atoms with E-state index in [-0.39, 0.29) is 11.5 Å². The van der Waals surface area contributed by atoms with E-state index >= 15 is 0 Å². The number of nitrogens with zero attached hydrogens (tertiary/aromatic N) is 4. The summed E-state index contributed by atoms with van der Waals surface area (Å²) >= 11 is 0. The average molecular weight is 379 g/mol. The van der Waals surface area contributed by atoms with E-state index in [0.717, 1.165) is 16.8 Å². The lowest BCUT2D eigenvalue weighted by Crippen LogP contribution is -2.22. The molecular weight excluding hydrogens is 358 g/mol. The van der Waals surface area contributed by atoms with Crippen molar-refractivity contribution in [2.24, 2.45) is 0 Å². The number of para-hydroxylation sites is 2. The molecule has 1 N–H and O–H groups in total. The van der Waals surface area contributed by atoms with Crippen molar-refractivity contribution in [2.75, 3.05) is 11.9 Å². The van der Waals surface area contributed by atoms with E-state index < -0.39 is 18.5 Å². The smallest absolute Gasteiger partial charge is 0.340 e. The molecule has 0 aliphatic carbocycles. The van der Waals surface area contributed by atoms with Crippen LogP contribution in [-0.2, 0) is 9.53 Å². The Bertz CT molecular complexity index is 983. The maximum absolute atomic E-state index is 12.5. The van der Waals surface area contributed by atoms with Gasteiger partial charge in [-0.05, 0) is 46.5 Å². The molecule has 28 heavy (non-hydrogen) atoms. The molecule has 0 bridgehead atoms. The lowest BCUT2D eigenvalue weighted by Gasteiger charge is -2.16. The number of rotatable bonds is 6. The molecule has 0 spiro atoms. The summed E-state index contributed by atoms with van der Waals surface area (Å²) in [6, 6.07) is 12.6. The van der Waals surface area contributed by atoms with Crippen LogP contribution >= 0.6 is 0 Å². The standard InChI is InChI=1S/C20H21N5O3/c1-13(2)15-9-6-7-14(3)19(15)22-18(26)11-28-20(27)16-8-4-5-10-17(16)25-12-21-23-24-25/h4-10,12-13H,11H2,1-3H3,(H,22,26). The van der Waals surface area contributed by atoms with Gasteiger partial charge in [0.25, 0.3) is 5.91 Å². The highest BCUT2D eigenvalue weighted by molar-refractivity contribution is 5.97. The second-order valence-electron chi connectivity index (χ2n) is 6.59. The number of anilines is 1. The molecule has 0 radical (unpaired) electrons. The fraction of sp³-hybridized carbons (Fsp3) is 0.250. The van der Waals surface area contributed by atoms with E-state index in [1.165, 1.54) is 11.0 Å². The van der Waals surface area contributed by atoms with Gasteiger partial charge in [-0.1, -0.05) is 44.2 Å². The molecule has 1 amide bonds. The van der Waals surface area contributed by atoms with E-state index in [9.17, 15) is 9.59 Å². The van der Waals surface area contributed by atoms with Crippen LogP contribution in [0.3, 0.4) is 0 Å². The Balaban J connectivity index is 1.69. The molecule has 3 rings (SSSR count). The topological polar surface area (TPSA) is 99.0 Å². The summed E-state index contributed by atoms with van der Waals surface area (Å²) in [6.45, 7) is 5.64. The molecule has 0 aliphatic heterocycles. The van der Waals surface area contributed by atoms with Crippen molar-refractivity contribution < 1.29 is 14.3 Å². The number of tetrazole rings is 1. The number of aromatic nitrogens is 4. The highest BCUT2D eigenvalue weighted by Crippen LogP contribution is 2.27. The number of hydrogen-bond donors (Lipinski definition) is 1. The van der Waals surface area contributed by atoms with Gasteiger partial charge in [-0.25, -0.2) is 4.79 Å². The number of aryl methyl sites for hydroxylation is 1. The van der Waals surface area contributed by atoms with Gasteiger partial charge in [0.2, 0.25) is 0 Å². The Morgan fingerprint density at radius 3 is 2.64 bits per heavy atom. The van der Waals surface area contributed by atoms with Crippen LogP contribution in [0, 0.1) is 6.92 Å². The number of hydrogen-bond acceptors (Lipinski definition) is 6. The molecule has 8 nitrogen and oxygen atoms in total. The van der Waals surface area contributed by atoms with Crippen LogP contribution in [0.5, 0.6) is 0 Å². The number of benzene rings is 2. The van der Waals surface area contributed by atoms with E-state index in [0.29, 0.717) is 5.69 Å². The monoisotopic (exact) mass is 379 g/mol. The SMILES string of the molecule is Cc1cccc(C(C)C)c1NC(=O)COC(=O)c1ccccc1-n1cnnn1. The first-order valence-electron chi connectivity index (χ1n) is 8.86. The summed E-state index contributed by atoms with van der Waals surface area (Å²) in [4.78, 5) is 24.8. The van der Waals surface area contributed by atoms with E-state index in [1.807, 2.05) is 25.1 Å². The van der Waals surface area contributed by atoms with Gasteiger partial charge in [-0.3, -0.25) is 4.79 Å². The van der Waals surface area contributed by atoms with Crippen LogP contribution in [-0.4, -0.2) is 38.7 Å². The average Bonchev–Trinajstić information content (AvgIpc) is 3.22. The largest absolute Gasteiger partial charge is 0.452 e. The number of nitrogens with one attached hydrogen (secondary N) is 1. The molecule has 0 saturated heterocycles. The molecule has 0 aliphatic rings. The Morgan fingerprint density at radius 2 is 1.93 bits per heavy atom. The molecule has 0 saturated carbocycles. The van der Waals surface area contributed by atoms with Gasteiger partial charge in [0.15, 0.2) is 6.61 Å². The number of carbonyl (C=O) groups is 2. The van der Waals surface area contributed by atoms with Gasteiger partial charge < -0.3 is 10.1 Å². The molecule has 3 aromatic rings. The van der Waals surface area contributed by atoms with Gasteiger partial charge in [-0.2, -0.15) is 4.68 Å². The van der Waals surface area contributed by atoms with Crippen molar-refractivity contribution in [2.45, 2.75) is 26.7 Å². The molecule has 8 heteroatoms. The van der Waals surface area contributed by atoms with Crippen LogP contribution in [0.15, 0.2) is 48.8 Å². The Hall–Kier alpha value is -3.55. The third kappa shape index (κ3) is 4.22. The molecule has 0 atom stereocenters. The van der Waals surface area contributed by atoms with Gasteiger partial charge in [0, 0.05) is 5.69 Å². The predicted molar refractivity (Wildman–Crippen MR) is 103 cm³/mol. The Kier molecular flexibility index (Phi) is 5.78. The van der Waals surface area contributed by atoms with Gasteiger partial charge in [0.05, 0.1) is 11.3 Å². The minimum Gasteiger partial charge on any atom is -0.452 e. The zero-order valence-electron chi connectivity index (χ0n) is 15.9. The summed E-state index contributed by atoms with van der Waals surface area (Å²) in [5.74, 6) is -0.777. The molecule has 2 aromatic carbocycles. The van der Waals surface area contributed by atoms with Crippen LogP contribution in [0.25, 0.3) is 5.69 Å². The van der Waals surface area contributed by atoms with E-state index in [1.54, 1.807) is 24.3 Å². The van der Waals surface area contributed by atoms with Crippen LogP contribution in [0.2, 0.25) is 0 Å². The van der Waals surface area contributed by atoms with Crippen LogP contribution in [0.1, 0.15) is 41.3 Å². The highest BCUT2D eigenvalue weighted by atomic mass is 16.5. The first kappa shape index (κ1) is 19.2. The van der Waals surface area contributed by atoms with E-state index in [4.69, 9.17) is 4.74 Å². The van der Waals surface area contributed by atoms with Crippen molar-refractivity contribution in [3.63, 3.8) is 0 Å². The third-order valence-electron chi connectivity index (χ3n) is 4.25. The van der Waals surface area contributed by atoms with Gasteiger partial charge >= 0.3 is 5.97 Å². The maximum atomic E-state index is 12.5. The number of ether oxygens (including phenoxy) is 1. The predicted octanol–water partition coefficient (Wildman–Crippen LogP) is 2.89. The normalized spacial score (nSPS) is 10.7. The maximum Gasteiger partial charge on any atom is 0.340 e. The summed E-state index contributed by atoms with van der Waals surface area (Å²) < 4.78 is 6.57. The fourth-order valence-electron chi connectivity index (χ4n) is 2.84. The zero-order chi connectivity index (χ0) is 20.1. The van der Waals surface area contributed by atoms with Crippen LogP contribution in [0.4, 0.5) is 5.69 Å². The highest BCUT2D eigenvalue weighted by Gasteiger charge is 2.17. The second-order valence-corrected chi connectivity index (χ2v) is 6.59. The molecular formula is C20H21N5O3. The molecule has 1 aromatic heterocycles. The van der Waals surface area contributed by atoms with Crippen molar-refractivity contribution in [1.29, 1.82) is 0 Å². The quantitative estimate of drug-likeness (QED) is 0.661. The zero-order valence-corrected chi connectivity index (χ0v) is 15.9. The molecule has 0 unspecified atom stereocenters. The molecule has 0 fully saturated rings. The lowest BCUT2D eigenvalue weighted by molar-refractivity contribution is -0.119. The Labute approximate surface area is 162 Å². The lowest BCUT2D eigenvalue weighted by atomic mass is 9.98. The first-order valence-corrected chi connectivity index (χ1v) is 8.86. The summed E-state index contributed by atoms with van der Waals surface area (Å²) in [7, 11) is 0. The number of amides is 1. The summed E-state index contributed by atoms with van der Waals surface area (Å²) in [5, 5.41) is 13.8. The molecule has 1 heterocycles. The Morgan fingerprint density at radius 1 is 1.14 bits per heavy atom. The van der Waals surface area contributed by atoms with Crippen molar-refractivity contribution >= 4 is 17.6 Å². The fourth-order valence-corrected chi connectivity index (χ4v) is 2.84. The first-order chi connectivity index (χ1) is 13.5. The van der Waals surface area contributed by atoms with Crippen molar-refractivity contribution in [3.8, 4) is 5.69 Å². The summed E-state index contributed by atoms with van der Waals surface area (Å²) in [6.07, 6.45) is 1.38. The van der Waals surface area contributed by atoms with Crippen LogP contribution < -0.4 is 5.32 Å². The molecule has 144 valence electrons.